The van der Waals surface area contributed by atoms with Gasteiger partial charge in [-0.3, -0.25) is 0 Å². The number of halogens is 2. The molecule has 15 heavy (non-hydrogen) atoms. The molecule has 0 aliphatic heterocycles. The molecule has 2 rings (SSSR count). The molecule has 0 bridgehead atoms. The molecule has 0 N–H and O–H groups in total. The third-order valence-electron chi connectivity index (χ3n) is 2.12. The van der Waals surface area contributed by atoms with Crippen LogP contribution in [0.1, 0.15) is 10.6 Å². The molecule has 0 radical (unpaired) electrons. The molecule has 0 saturated heterocycles. The zero-order valence-electron chi connectivity index (χ0n) is 8.13. The fourth-order valence-electron chi connectivity index (χ4n) is 1.31. The Hall–Kier alpha value is -0.740. The van der Waals surface area contributed by atoms with Crippen molar-refractivity contribution in [3.8, 4) is 11.3 Å². The van der Waals surface area contributed by atoms with Crippen LogP contribution in [0.25, 0.3) is 11.3 Å². The lowest BCUT2D eigenvalue weighted by atomic mass is 10.1. The first-order chi connectivity index (χ1) is 7.20. The lowest BCUT2D eigenvalue weighted by molar-refractivity contribution is 0.619. The molecule has 1 aromatic carbocycles. The molecule has 4 heteroatoms. The molecule has 0 aliphatic carbocycles. The Balaban J connectivity index is 2.40. The highest BCUT2D eigenvalue weighted by atomic mass is 79.9. The van der Waals surface area contributed by atoms with Crippen molar-refractivity contribution in [2.75, 3.05) is 0 Å². The summed E-state index contributed by atoms with van der Waals surface area (Å²) in [5.41, 5.74) is 2.54. The van der Waals surface area contributed by atoms with E-state index >= 15 is 0 Å². The van der Waals surface area contributed by atoms with Crippen molar-refractivity contribution in [2.45, 2.75) is 12.3 Å². The van der Waals surface area contributed by atoms with Gasteiger partial charge in [0.15, 0.2) is 0 Å². The number of rotatable bonds is 2. The van der Waals surface area contributed by atoms with E-state index in [0.717, 1.165) is 21.6 Å². The SMILES string of the molecule is Cc1cc(-c2csc(CBr)n2)ccc1F. The quantitative estimate of drug-likeness (QED) is 0.756. The highest BCUT2D eigenvalue weighted by molar-refractivity contribution is 9.08. The lowest BCUT2D eigenvalue weighted by Crippen LogP contribution is -1.84. The van der Waals surface area contributed by atoms with E-state index in [9.17, 15) is 4.39 Å². The van der Waals surface area contributed by atoms with E-state index in [2.05, 4.69) is 20.9 Å². The minimum absolute atomic E-state index is 0.172. The summed E-state index contributed by atoms with van der Waals surface area (Å²) in [4.78, 5) is 4.42. The van der Waals surface area contributed by atoms with E-state index in [1.54, 1.807) is 24.3 Å². The average Bonchev–Trinajstić information content (AvgIpc) is 2.70. The smallest absolute Gasteiger partial charge is 0.126 e. The molecule has 1 nitrogen and oxygen atoms in total. The summed E-state index contributed by atoms with van der Waals surface area (Å²) in [6.45, 7) is 1.76. The maximum absolute atomic E-state index is 13.1. The van der Waals surface area contributed by atoms with Gasteiger partial charge in [-0.2, -0.15) is 0 Å². The van der Waals surface area contributed by atoms with Crippen LogP contribution < -0.4 is 0 Å². The Kier molecular flexibility index (Phi) is 3.17. The monoisotopic (exact) mass is 285 g/mol. The van der Waals surface area contributed by atoms with Crippen molar-refractivity contribution in [3.63, 3.8) is 0 Å². The maximum Gasteiger partial charge on any atom is 0.126 e. The van der Waals surface area contributed by atoms with Gasteiger partial charge in [0, 0.05) is 10.9 Å². The third kappa shape index (κ3) is 2.26. The normalized spacial score (nSPS) is 10.6. The van der Waals surface area contributed by atoms with Crippen LogP contribution in [0.4, 0.5) is 4.39 Å². The summed E-state index contributed by atoms with van der Waals surface area (Å²) >= 11 is 4.96. The van der Waals surface area contributed by atoms with Gasteiger partial charge in [-0.15, -0.1) is 11.3 Å². The van der Waals surface area contributed by atoms with Crippen LogP contribution in [0.5, 0.6) is 0 Å². The molecule has 0 fully saturated rings. The summed E-state index contributed by atoms with van der Waals surface area (Å²) in [6.07, 6.45) is 0. The van der Waals surface area contributed by atoms with Crippen LogP contribution in [0.3, 0.4) is 0 Å². The first kappa shape index (κ1) is 10.8. The number of hydrogen-bond acceptors (Lipinski definition) is 2. The van der Waals surface area contributed by atoms with Crippen molar-refractivity contribution in [3.05, 3.63) is 40.0 Å². The van der Waals surface area contributed by atoms with Gasteiger partial charge in [-0.05, 0) is 30.7 Å². The fourth-order valence-corrected chi connectivity index (χ4v) is 2.48. The lowest BCUT2D eigenvalue weighted by Gasteiger charge is -1.99. The molecular formula is C11H9BrFNS. The second-order valence-electron chi connectivity index (χ2n) is 3.22. The predicted molar refractivity (Wildman–Crippen MR) is 64.9 cm³/mol. The molecule has 0 saturated carbocycles. The number of aryl methyl sites for hydroxylation is 1. The van der Waals surface area contributed by atoms with Crippen LogP contribution >= 0.6 is 27.3 Å². The van der Waals surface area contributed by atoms with E-state index in [0.29, 0.717) is 5.56 Å². The second kappa shape index (κ2) is 4.41. The molecule has 0 amide bonds. The van der Waals surface area contributed by atoms with Gasteiger partial charge in [0.2, 0.25) is 0 Å². The van der Waals surface area contributed by atoms with Crippen molar-refractivity contribution in [1.29, 1.82) is 0 Å². The van der Waals surface area contributed by atoms with Gasteiger partial charge in [-0.1, -0.05) is 15.9 Å². The summed E-state index contributed by atoms with van der Waals surface area (Å²) in [5.74, 6) is -0.172. The topological polar surface area (TPSA) is 12.9 Å². The van der Waals surface area contributed by atoms with Gasteiger partial charge >= 0.3 is 0 Å². The van der Waals surface area contributed by atoms with Crippen LogP contribution in [0, 0.1) is 12.7 Å². The summed E-state index contributed by atoms with van der Waals surface area (Å²) in [7, 11) is 0. The van der Waals surface area contributed by atoms with Crippen LogP contribution in [0.15, 0.2) is 23.6 Å². The number of alkyl halides is 1. The van der Waals surface area contributed by atoms with Crippen LogP contribution in [-0.4, -0.2) is 4.98 Å². The molecule has 0 aliphatic rings. The number of thiazole rings is 1. The number of hydrogen-bond donors (Lipinski definition) is 0. The first-order valence-electron chi connectivity index (χ1n) is 4.47. The number of aromatic nitrogens is 1. The predicted octanol–water partition coefficient (Wildman–Crippen LogP) is 4.15. The summed E-state index contributed by atoms with van der Waals surface area (Å²) in [5, 5.41) is 3.79. The minimum Gasteiger partial charge on any atom is -0.240 e. The largest absolute Gasteiger partial charge is 0.240 e. The zero-order chi connectivity index (χ0) is 10.8. The Bertz CT molecular complexity index is 481. The van der Waals surface area contributed by atoms with Crippen LogP contribution in [-0.2, 0) is 5.33 Å². The van der Waals surface area contributed by atoms with Crippen molar-refractivity contribution in [1.82, 2.24) is 4.98 Å². The number of nitrogens with zero attached hydrogens (tertiary/aromatic N) is 1. The van der Waals surface area contributed by atoms with E-state index in [4.69, 9.17) is 0 Å². The average molecular weight is 286 g/mol. The van der Waals surface area contributed by atoms with Crippen molar-refractivity contribution in [2.24, 2.45) is 0 Å². The van der Waals surface area contributed by atoms with Gasteiger partial charge in [0.1, 0.15) is 10.8 Å². The summed E-state index contributed by atoms with van der Waals surface area (Å²) in [6, 6.07) is 5.07. The van der Waals surface area contributed by atoms with Gasteiger partial charge < -0.3 is 0 Å². The van der Waals surface area contributed by atoms with E-state index in [-0.39, 0.29) is 5.82 Å². The fraction of sp³-hybridized carbons (Fsp3) is 0.182. The summed E-state index contributed by atoms with van der Waals surface area (Å²) < 4.78 is 13.1. The number of benzene rings is 1. The van der Waals surface area contributed by atoms with E-state index in [1.807, 2.05) is 11.4 Å². The maximum atomic E-state index is 13.1. The second-order valence-corrected chi connectivity index (χ2v) is 4.73. The van der Waals surface area contributed by atoms with Gasteiger partial charge in [-0.25, -0.2) is 9.37 Å². The Morgan fingerprint density at radius 3 is 2.87 bits per heavy atom. The molecule has 78 valence electrons. The van der Waals surface area contributed by atoms with Crippen molar-refractivity contribution >= 4 is 27.3 Å². The van der Waals surface area contributed by atoms with Crippen molar-refractivity contribution < 1.29 is 4.39 Å². The Labute approximate surface area is 100 Å². The highest BCUT2D eigenvalue weighted by Gasteiger charge is 2.05. The standard InChI is InChI=1S/C11H9BrFNS/c1-7-4-8(2-3-9(7)13)10-6-15-11(5-12)14-10/h2-4,6H,5H2,1H3. The van der Waals surface area contributed by atoms with E-state index < -0.39 is 0 Å². The van der Waals surface area contributed by atoms with E-state index in [1.165, 1.54) is 6.07 Å². The highest BCUT2D eigenvalue weighted by Crippen LogP contribution is 2.24. The molecular weight excluding hydrogens is 277 g/mol. The Morgan fingerprint density at radius 2 is 2.27 bits per heavy atom. The molecule has 1 aromatic heterocycles. The Morgan fingerprint density at radius 1 is 1.47 bits per heavy atom. The molecule has 0 spiro atoms. The first-order valence-corrected chi connectivity index (χ1v) is 6.47. The third-order valence-corrected chi connectivity index (χ3v) is 3.87. The molecule has 0 unspecified atom stereocenters. The minimum atomic E-state index is -0.172. The molecule has 1 heterocycles. The molecule has 2 aromatic rings. The molecule has 0 atom stereocenters. The van der Waals surface area contributed by atoms with Gasteiger partial charge in [0.25, 0.3) is 0 Å². The van der Waals surface area contributed by atoms with Crippen LogP contribution in [0.2, 0.25) is 0 Å². The zero-order valence-corrected chi connectivity index (χ0v) is 10.5. The van der Waals surface area contributed by atoms with Gasteiger partial charge in [0.05, 0.1) is 11.0 Å².